The molecule has 0 radical (unpaired) electrons. The van der Waals surface area contributed by atoms with Crippen molar-refractivity contribution in [1.82, 2.24) is 0 Å². The third kappa shape index (κ3) is 10.6. The Bertz CT molecular complexity index is 761. The summed E-state index contributed by atoms with van der Waals surface area (Å²) in [5, 5.41) is 33.8. The fraction of sp³-hybridized carbons (Fsp3) is 0. The predicted molar refractivity (Wildman–Crippen MR) is 119 cm³/mol. The van der Waals surface area contributed by atoms with E-state index in [0.29, 0.717) is 17.1 Å². The van der Waals surface area contributed by atoms with Crippen LogP contribution in [0.1, 0.15) is 0 Å². The topological polar surface area (TPSA) is 159 Å². The highest BCUT2D eigenvalue weighted by Gasteiger charge is 1.99. The molecule has 13 heteroatoms. The van der Waals surface area contributed by atoms with Crippen molar-refractivity contribution in [3.05, 3.63) is 106 Å². The minimum atomic E-state index is 0. The van der Waals surface area contributed by atoms with Gasteiger partial charge in [0.2, 0.25) is 0 Å². The fourth-order valence-corrected chi connectivity index (χ4v) is 1.83. The lowest BCUT2D eigenvalue weighted by Gasteiger charge is -2.03. The highest BCUT2D eigenvalue weighted by molar-refractivity contribution is 5.75. The van der Waals surface area contributed by atoms with Crippen molar-refractivity contribution >= 4 is 34.4 Å². The van der Waals surface area contributed by atoms with Gasteiger partial charge in [0.1, 0.15) is 0 Å². The molecule has 0 aromatic heterocycles. The lowest BCUT2D eigenvalue weighted by atomic mass is 10.3. The molecule has 3 N–H and O–H groups in total. The largest absolute Gasteiger partial charge is 0.265 e. The Balaban J connectivity index is 0.000000429. The van der Waals surface area contributed by atoms with Gasteiger partial charge < -0.3 is 0 Å². The van der Waals surface area contributed by atoms with Gasteiger partial charge in [-0.3, -0.25) is 15.6 Å². The van der Waals surface area contributed by atoms with Gasteiger partial charge in [-0.05, 0) is 36.4 Å². The first kappa shape index (κ1) is 27.3. The summed E-state index contributed by atoms with van der Waals surface area (Å²) in [7, 11) is 0. The fourth-order valence-electron chi connectivity index (χ4n) is 1.83. The normalized spacial score (nSPS) is 8.61. The number of benzene rings is 3. The van der Waals surface area contributed by atoms with Crippen molar-refractivity contribution in [2.75, 3.05) is 15.5 Å². The lowest BCUT2D eigenvalue weighted by Crippen LogP contribution is -2.06. The van der Waals surface area contributed by atoms with Gasteiger partial charge in [-0.15, -0.1) is 30.2 Å². The summed E-state index contributed by atoms with van der Waals surface area (Å²) in [5.41, 5.74) is 1.08. The quantitative estimate of drug-likeness (QED) is 0.294. The number of anilines is 3. The van der Waals surface area contributed by atoms with Crippen molar-refractivity contribution in [3.8, 4) is 0 Å². The van der Waals surface area contributed by atoms with Crippen LogP contribution in [0.15, 0.2) is 107 Å². The van der Waals surface area contributed by atoms with Crippen LogP contribution in [0.3, 0.4) is 0 Å². The summed E-state index contributed by atoms with van der Waals surface area (Å²) in [6.07, 6.45) is 0. The molecule has 0 bridgehead atoms. The smallest absolute Gasteiger partial charge is 0.187 e. The Morgan fingerprint density at radius 2 is 0.645 bits per heavy atom. The molecule has 162 valence electrons. The molecular weight excluding hydrogens is 423 g/mol. The minimum absolute atomic E-state index is 0. The standard InChI is InChI=1S/3C6H6N2O2.Al.3H/c3*9-7-8(10)6-4-2-1-3-5-6;;;;/h3*1-5,10H;;;;. The van der Waals surface area contributed by atoms with Crippen molar-refractivity contribution in [3.63, 3.8) is 0 Å². The maximum atomic E-state index is 9.73. The summed E-state index contributed by atoms with van der Waals surface area (Å²) >= 11 is 0. The number of nitrogens with zero attached hydrogens (tertiary/aromatic N) is 6. The zero-order chi connectivity index (χ0) is 22.2. The molecule has 0 heterocycles. The van der Waals surface area contributed by atoms with Gasteiger partial charge in [0, 0.05) is 0 Å². The van der Waals surface area contributed by atoms with Crippen molar-refractivity contribution in [1.29, 1.82) is 0 Å². The second-order valence-corrected chi connectivity index (χ2v) is 5.12. The average Bonchev–Trinajstić information content (AvgIpc) is 2.85. The van der Waals surface area contributed by atoms with E-state index in [4.69, 9.17) is 15.6 Å². The summed E-state index contributed by atoms with van der Waals surface area (Å²) in [6.45, 7) is 0. The van der Waals surface area contributed by atoms with Crippen molar-refractivity contribution in [2.24, 2.45) is 15.9 Å². The molecule has 0 aliphatic heterocycles. The van der Waals surface area contributed by atoms with E-state index in [1.807, 2.05) is 0 Å². The average molecular weight is 444 g/mol. The Morgan fingerprint density at radius 1 is 0.452 bits per heavy atom. The van der Waals surface area contributed by atoms with E-state index in [2.05, 4.69) is 15.9 Å². The minimum Gasteiger partial charge on any atom is -0.265 e. The van der Waals surface area contributed by atoms with Crippen LogP contribution in [0.2, 0.25) is 0 Å². The highest BCUT2D eigenvalue weighted by atomic mass is 27.0. The van der Waals surface area contributed by atoms with Gasteiger partial charge in [0.25, 0.3) is 0 Å². The maximum Gasteiger partial charge on any atom is 0.187 e. The van der Waals surface area contributed by atoms with Crippen LogP contribution in [0.25, 0.3) is 0 Å². The number of hydrogen-bond acceptors (Lipinski definition) is 9. The van der Waals surface area contributed by atoms with Crippen LogP contribution in [0, 0.1) is 14.7 Å². The second-order valence-electron chi connectivity index (χ2n) is 5.12. The number of para-hydroxylation sites is 3. The van der Waals surface area contributed by atoms with Crippen molar-refractivity contribution < 1.29 is 15.6 Å². The SMILES string of the molecule is O=NN(O)c1ccccc1.O=NN(O)c1ccccc1.O=NN(O)c1ccccc1.[AlH3]. The van der Waals surface area contributed by atoms with E-state index in [-0.39, 0.29) is 32.9 Å². The predicted octanol–water partition coefficient (Wildman–Crippen LogP) is 3.51. The first-order chi connectivity index (χ1) is 14.5. The molecule has 0 aliphatic carbocycles. The van der Waals surface area contributed by atoms with Gasteiger partial charge in [0.05, 0.1) is 32.9 Å². The van der Waals surface area contributed by atoms with Gasteiger partial charge in [-0.2, -0.15) is 0 Å². The van der Waals surface area contributed by atoms with Crippen LogP contribution < -0.4 is 15.5 Å². The maximum absolute atomic E-state index is 9.73. The second kappa shape index (κ2) is 16.1. The molecule has 3 aromatic carbocycles. The third-order valence-electron chi connectivity index (χ3n) is 3.19. The van der Waals surface area contributed by atoms with E-state index in [1.54, 1.807) is 91.0 Å². The molecule has 0 atom stereocenters. The van der Waals surface area contributed by atoms with Crippen LogP contribution in [0.5, 0.6) is 0 Å². The molecule has 0 saturated heterocycles. The van der Waals surface area contributed by atoms with Crippen molar-refractivity contribution in [2.45, 2.75) is 0 Å². The molecule has 0 amide bonds. The monoisotopic (exact) mass is 444 g/mol. The Kier molecular flexibility index (Phi) is 14.2. The molecule has 0 spiro atoms. The molecule has 3 rings (SSSR count). The first-order valence-corrected chi connectivity index (χ1v) is 8.15. The van der Waals surface area contributed by atoms with E-state index in [0.717, 1.165) is 0 Å². The third-order valence-corrected chi connectivity index (χ3v) is 3.19. The first-order valence-electron chi connectivity index (χ1n) is 8.15. The molecule has 0 aliphatic rings. The van der Waals surface area contributed by atoms with Crippen LogP contribution in [-0.2, 0) is 0 Å². The van der Waals surface area contributed by atoms with Gasteiger partial charge >= 0.3 is 0 Å². The number of hydrogen-bond donors (Lipinski definition) is 3. The Morgan fingerprint density at radius 3 is 0.806 bits per heavy atom. The lowest BCUT2D eigenvalue weighted by molar-refractivity contribution is 0.257. The van der Waals surface area contributed by atoms with Crippen LogP contribution >= 0.6 is 0 Å². The molecule has 31 heavy (non-hydrogen) atoms. The van der Waals surface area contributed by atoms with Gasteiger partial charge in [0.15, 0.2) is 17.4 Å². The Hall–Kier alpha value is -3.73. The molecule has 0 fully saturated rings. The molecule has 0 unspecified atom stereocenters. The zero-order valence-corrected chi connectivity index (χ0v) is 15.4. The number of nitroso groups, excluding NO2 is 3. The number of rotatable bonds is 6. The summed E-state index contributed by atoms with van der Waals surface area (Å²) < 4.78 is 0. The van der Waals surface area contributed by atoms with E-state index in [9.17, 15) is 14.7 Å². The highest BCUT2D eigenvalue weighted by Crippen LogP contribution is 2.11. The molecule has 3 aromatic rings. The van der Waals surface area contributed by atoms with E-state index in [1.165, 1.54) is 0 Å². The molecular formula is C18H21AlN6O6. The van der Waals surface area contributed by atoms with E-state index >= 15 is 0 Å². The van der Waals surface area contributed by atoms with Gasteiger partial charge in [-0.25, -0.2) is 0 Å². The zero-order valence-electron chi connectivity index (χ0n) is 15.4. The summed E-state index contributed by atoms with van der Waals surface area (Å²) in [6, 6.07) is 25.0. The van der Waals surface area contributed by atoms with Crippen LogP contribution in [-0.4, -0.2) is 33.0 Å². The molecule has 12 nitrogen and oxygen atoms in total. The summed E-state index contributed by atoms with van der Waals surface area (Å²) in [5.74, 6) is 0. The Labute approximate surface area is 187 Å². The van der Waals surface area contributed by atoms with Gasteiger partial charge in [-0.1, -0.05) is 54.6 Å². The molecule has 0 saturated carbocycles. The summed E-state index contributed by atoms with van der Waals surface area (Å²) in [4.78, 5) is 29.2. The van der Waals surface area contributed by atoms with E-state index < -0.39 is 0 Å². The van der Waals surface area contributed by atoms with Crippen LogP contribution in [0.4, 0.5) is 17.1 Å².